The van der Waals surface area contributed by atoms with Gasteiger partial charge in [0.15, 0.2) is 0 Å². The molecule has 2 rings (SSSR count). The number of hydrogen-bond acceptors (Lipinski definition) is 3. The van der Waals surface area contributed by atoms with E-state index in [0.29, 0.717) is 0 Å². The molecule has 12 heavy (non-hydrogen) atoms. The lowest BCUT2D eigenvalue weighted by molar-refractivity contribution is 1.49. The summed E-state index contributed by atoms with van der Waals surface area (Å²) in [4.78, 5) is 3.89. The maximum absolute atomic E-state index is 4.26. The molecule has 3 heteroatoms. The summed E-state index contributed by atoms with van der Waals surface area (Å²) in [6.07, 6.45) is 0. The second-order valence-corrected chi connectivity index (χ2v) is 3.42. The summed E-state index contributed by atoms with van der Waals surface area (Å²) in [5.41, 5.74) is 2.24. The predicted octanol–water partition coefficient (Wildman–Crippen LogP) is 2.94. The van der Waals surface area contributed by atoms with Gasteiger partial charge in [-0.1, -0.05) is 6.07 Å². The van der Waals surface area contributed by atoms with Crippen LogP contribution < -0.4 is 0 Å². The van der Waals surface area contributed by atoms with Crippen LogP contribution in [0.15, 0.2) is 23.2 Å². The molecule has 1 aromatic carbocycles. The van der Waals surface area contributed by atoms with Crippen molar-refractivity contribution in [3.8, 4) is 0 Å². The zero-order valence-corrected chi connectivity index (χ0v) is 7.56. The Morgan fingerprint density at radius 2 is 2.33 bits per heavy atom. The fraction of sp³-hybridized carbons (Fsp3) is 0.111. The van der Waals surface area contributed by atoms with E-state index >= 15 is 0 Å². The molecule has 0 saturated heterocycles. The lowest BCUT2D eigenvalue weighted by Gasteiger charge is -1.90. The van der Waals surface area contributed by atoms with E-state index in [1.165, 1.54) is 17.1 Å². The second-order valence-electron chi connectivity index (χ2n) is 2.67. The van der Waals surface area contributed by atoms with Crippen molar-refractivity contribution < 1.29 is 0 Å². The summed E-state index contributed by atoms with van der Waals surface area (Å²) in [6, 6.07) is 6.16. The number of aliphatic imine (C=N–C) groups is 1. The van der Waals surface area contributed by atoms with Gasteiger partial charge in [0, 0.05) is 5.39 Å². The summed E-state index contributed by atoms with van der Waals surface area (Å²) in [5.74, 6) is 0. The topological polar surface area (TPSA) is 25.2 Å². The first-order chi connectivity index (χ1) is 5.81. The van der Waals surface area contributed by atoms with Gasteiger partial charge >= 0.3 is 0 Å². The highest BCUT2D eigenvalue weighted by atomic mass is 32.1. The number of hydrogen-bond donors (Lipinski definition) is 0. The van der Waals surface area contributed by atoms with Crippen LogP contribution in [0.1, 0.15) is 5.56 Å². The minimum absolute atomic E-state index is 0.907. The number of nitrogens with zero attached hydrogens (tertiary/aromatic N) is 2. The van der Waals surface area contributed by atoms with E-state index < -0.39 is 0 Å². The zero-order valence-electron chi connectivity index (χ0n) is 6.74. The van der Waals surface area contributed by atoms with Gasteiger partial charge in [-0.3, -0.25) is 4.99 Å². The van der Waals surface area contributed by atoms with Crippen molar-refractivity contribution in [3.63, 3.8) is 0 Å². The van der Waals surface area contributed by atoms with Gasteiger partial charge in [-0.25, -0.2) is 0 Å². The molecule has 1 aromatic heterocycles. The predicted molar refractivity (Wildman–Crippen MR) is 53.6 cm³/mol. The van der Waals surface area contributed by atoms with E-state index in [-0.39, 0.29) is 0 Å². The van der Waals surface area contributed by atoms with E-state index in [1.54, 1.807) is 0 Å². The summed E-state index contributed by atoms with van der Waals surface area (Å²) in [6.45, 7) is 5.55. The standard InChI is InChI=1S/C9H8N2S/c1-6-3-4-7-8(5-6)11-12-9(7)10-2/h3-5H,2H2,1H3. The highest BCUT2D eigenvalue weighted by Gasteiger charge is 2.02. The minimum atomic E-state index is 0.907. The third-order valence-corrected chi connectivity index (χ3v) is 2.57. The van der Waals surface area contributed by atoms with Crippen molar-refractivity contribution in [1.82, 2.24) is 4.37 Å². The number of aromatic nitrogens is 1. The molecule has 0 radical (unpaired) electrons. The largest absolute Gasteiger partial charge is 0.252 e. The molecule has 60 valence electrons. The molecular weight excluding hydrogens is 168 g/mol. The molecule has 0 bridgehead atoms. The molecular formula is C9H8N2S. The molecule has 0 N–H and O–H groups in total. The van der Waals surface area contributed by atoms with Crippen LogP contribution in [0.4, 0.5) is 5.00 Å². The second kappa shape index (κ2) is 2.68. The van der Waals surface area contributed by atoms with Gasteiger partial charge in [0.1, 0.15) is 5.00 Å². The Balaban J connectivity index is 2.81. The lowest BCUT2D eigenvalue weighted by atomic mass is 10.2. The van der Waals surface area contributed by atoms with Crippen molar-refractivity contribution >= 4 is 34.2 Å². The van der Waals surface area contributed by atoms with E-state index in [0.717, 1.165) is 15.9 Å². The van der Waals surface area contributed by atoms with Crippen LogP contribution in [0.3, 0.4) is 0 Å². The van der Waals surface area contributed by atoms with Crippen LogP contribution in [0.25, 0.3) is 10.9 Å². The van der Waals surface area contributed by atoms with Crippen LogP contribution in [0.5, 0.6) is 0 Å². The Kier molecular flexibility index (Phi) is 1.66. The van der Waals surface area contributed by atoms with Gasteiger partial charge in [-0.05, 0) is 42.9 Å². The smallest absolute Gasteiger partial charge is 0.143 e. The molecule has 0 spiro atoms. The van der Waals surface area contributed by atoms with Gasteiger partial charge in [-0.2, -0.15) is 4.37 Å². The highest BCUT2D eigenvalue weighted by molar-refractivity contribution is 7.11. The van der Waals surface area contributed by atoms with E-state index in [9.17, 15) is 0 Å². The minimum Gasteiger partial charge on any atom is -0.252 e. The fourth-order valence-electron chi connectivity index (χ4n) is 1.15. The first-order valence-electron chi connectivity index (χ1n) is 3.64. The van der Waals surface area contributed by atoms with Gasteiger partial charge in [0.2, 0.25) is 0 Å². The first-order valence-corrected chi connectivity index (χ1v) is 4.41. The molecule has 2 aromatic rings. The van der Waals surface area contributed by atoms with E-state index in [4.69, 9.17) is 0 Å². The third-order valence-electron chi connectivity index (χ3n) is 1.76. The van der Waals surface area contributed by atoms with Gasteiger partial charge < -0.3 is 0 Å². The number of fused-ring (bicyclic) bond motifs is 1. The van der Waals surface area contributed by atoms with Crippen LogP contribution in [0, 0.1) is 6.92 Å². The van der Waals surface area contributed by atoms with Crippen LogP contribution >= 0.6 is 11.5 Å². The molecule has 2 nitrogen and oxygen atoms in total. The SMILES string of the molecule is C=Nc1snc2cc(C)ccc12. The quantitative estimate of drug-likeness (QED) is 0.613. The Labute approximate surface area is 74.7 Å². The van der Waals surface area contributed by atoms with Gasteiger partial charge in [0.25, 0.3) is 0 Å². The van der Waals surface area contributed by atoms with Crippen LogP contribution in [-0.2, 0) is 0 Å². The Bertz CT molecular complexity index is 431. The Hall–Kier alpha value is -1.22. The Morgan fingerprint density at radius 1 is 1.50 bits per heavy atom. The average molecular weight is 176 g/mol. The average Bonchev–Trinajstić information content (AvgIpc) is 2.46. The van der Waals surface area contributed by atoms with Crippen molar-refractivity contribution in [1.29, 1.82) is 0 Å². The normalized spacial score (nSPS) is 10.4. The molecule has 0 atom stereocenters. The summed E-state index contributed by atoms with van der Waals surface area (Å²) >= 11 is 1.39. The highest BCUT2D eigenvalue weighted by Crippen LogP contribution is 2.29. The van der Waals surface area contributed by atoms with E-state index in [1.807, 2.05) is 6.07 Å². The molecule has 0 amide bonds. The summed E-state index contributed by atoms with van der Waals surface area (Å²) < 4.78 is 4.26. The van der Waals surface area contributed by atoms with Crippen LogP contribution in [-0.4, -0.2) is 11.1 Å². The lowest BCUT2D eigenvalue weighted by Crippen LogP contribution is -1.70. The fourth-order valence-corrected chi connectivity index (χ4v) is 1.82. The first kappa shape index (κ1) is 7.43. The van der Waals surface area contributed by atoms with E-state index in [2.05, 4.69) is 35.1 Å². The molecule has 0 aliphatic carbocycles. The number of rotatable bonds is 1. The monoisotopic (exact) mass is 176 g/mol. The molecule has 1 heterocycles. The van der Waals surface area contributed by atoms with Crippen LogP contribution in [0.2, 0.25) is 0 Å². The molecule has 0 aliphatic rings. The number of benzene rings is 1. The summed E-state index contributed by atoms with van der Waals surface area (Å²) in [5, 5.41) is 2.01. The van der Waals surface area contributed by atoms with Gasteiger partial charge in [0.05, 0.1) is 5.52 Å². The van der Waals surface area contributed by atoms with Crippen molar-refractivity contribution in [3.05, 3.63) is 23.8 Å². The number of aryl methyl sites for hydroxylation is 1. The molecule has 0 saturated carbocycles. The van der Waals surface area contributed by atoms with Crippen molar-refractivity contribution in [2.75, 3.05) is 0 Å². The Morgan fingerprint density at radius 3 is 3.08 bits per heavy atom. The van der Waals surface area contributed by atoms with Crippen molar-refractivity contribution in [2.24, 2.45) is 4.99 Å². The molecule has 0 unspecified atom stereocenters. The summed E-state index contributed by atoms with van der Waals surface area (Å²) in [7, 11) is 0. The maximum atomic E-state index is 4.26. The maximum Gasteiger partial charge on any atom is 0.143 e. The molecule has 0 fully saturated rings. The molecule has 0 aliphatic heterocycles. The van der Waals surface area contributed by atoms with Gasteiger partial charge in [-0.15, -0.1) is 0 Å². The zero-order chi connectivity index (χ0) is 8.55. The third kappa shape index (κ3) is 1.02. The van der Waals surface area contributed by atoms with Crippen molar-refractivity contribution in [2.45, 2.75) is 6.92 Å².